The Labute approximate surface area is 124 Å². The summed E-state index contributed by atoms with van der Waals surface area (Å²) in [5, 5.41) is 15.0. The summed E-state index contributed by atoms with van der Waals surface area (Å²) in [5.41, 5.74) is 0. The lowest BCUT2D eigenvalue weighted by Gasteiger charge is -2.29. The summed E-state index contributed by atoms with van der Waals surface area (Å²) in [7, 11) is -0.769. The number of nitrogens with one attached hydrogen (secondary N) is 2. The van der Waals surface area contributed by atoms with Crippen LogP contribution >= 0.6 is 0 Å². The molecule has 1 fully saturated rings. The number of aliphatic hydroxyl groups excluding tert-OH is 1. The molecule has 0 heterocycles. The molecule has 0 spiro atoms. The number of urea groups is 1. The third kappa shape index (κ3) is 5.79. The van der Waals surface area contributed by atoms with Crippen LogP contribution in [0.15, 0.2) is 0 Å². The first-order valence-corrected chi connectivity index (χ1v) is 9.03. The number of hydrogen-bond acceptors (Lipinski definition) is 3. The Morgan fingerprint density at radius 3 is 2.75 bits per heavy atom. The van der Waals surface area contributed by atoms with Gasteiger partial charge in [0.25, 0.3) is 0 Å². The number of amides is 2. The topological polar surface area (TPSA) is 78.4 Å². The van der Waals surface area contributed by atoms with E-state index in [-0.39, 0.29) is 30.0 Å². The van der Waals surface area contributed by atoms with Crippen molar-refractivity contribution in [1.82, 2.24) is 10.6 Å². The SMILES string of the molecule is CCC(CCO)NC(=O)NC1CCCC(S(=O)CC)C1. The zero-order valence-corrected chi connectivity index (χ0v) is 13.4. The molecule has 0 aromatic heterocycles. The molecule has 1 rings (SSSR count). The van der Waals surface area contributed by atoms with Crippen molar-refractivity contribution in [3.05, 3.63) is 0 Å². The predicted octanol–water partition coefficient (Wildman–Crippen LogP) is 1.53. The average molecular weight is 304 g/mol. The number of rotatable bonds is 7. The van der Waals surface area contributed by atoms with Gasteiger partial charge in [-0.2, -0.15) is 0 Å². The minimum atomic E-state index is -0.769. The maximum atomic E-state index is 11.9. The Hall–Kier alpha value is -0.620. The van der Waals surface area contributed by atoms with Crippen LogP contribution in [-0.4, -0.2) is 45.0 Å². The van der Waals surface area contributed by atoms with E-state index in [0.29, 0.717) is 12.2 Å². The zero-order chi connectivity index (χ0) is 15.0. The molecule has 0 saturated heterocycles. The van der Waals surface area contributed by atoms with Gasteiger partial charge in [0.1, 0.15) is 0 Å². The molecule has 4 atom stereocenters. The minimum Gasteiger partial charge on any atom is -0.396 e. The van der Waals surface area contributed by atoms with Crippen LogP contribution in [0.3, 0.4) is 0 Å². The Balaban J connectivity index is 2.39. The molecule has 1 aliphatic rings. The highest BCUT2D eigenvalue weighted by molar-refractivity contribution is 7.85. The molecule has 0 radical (unpaired) electrons. The molecule has 1 aliphatic carbocycles. The van der Waals surface area contributed by atoms with Crippen molar-refractivity contribution in [1.29, 1.82) is 0 Å². The van der Waals surface area contributed by atoms with Crippen LogP contribution in [-0.2, 0) is 10.8 Å². The largest absolute Gasteiger partial charge is 0.396 e. The van der Waals surface area contributed by atoms with E-state index in [4.69, 9.17) is 5.11 Å². The lowest BCUT2D eigenvalue weighted by Crippen LogP contribution is -2.48. The van der Waals surface area contributed by atoms with Gasteiger partial charge in [0, 0.05) is 40.5 Å². The summed E-state index contributed by atoms with van der Waals surface area (Å²) >= 11 is 0. The molecule has 6 heteroatoms. The van der Waals surface area contributed by atoms with E-state index in [1.165, 1.54) is 0 Å². The fraction of sp³-hybridized carbons (Fsp3) is 0.929. The van der Waals surface area contributed by atoms with Crippen molar-refractivity contribution in [3.63, 3.8) is 0 Å². The van der Waals surface area contributed by atoms with Crippen molar-refractivity contribution in [2.75, 3.05) is 12.4 Å². The normalized spacial score (nSPS) is 25.8. The van der Waals surface area contributed by atoms with Gasteiger partial charge in [0.05, 0.1) is 0 Å². The average Bonchev–Trinajstić information content (AvgIpc) is 2.46. The molecule has 5 nitrogen and oxygen atoms in total. The molecular weight excluding hydrogens is 276 g/mol. The van der Waals surface area contributed by atoms with E-state index >= 15 is 0 Å². The lowest BCUT2D eigenvalue weighted by molar-refractivity contribution is 0.221. The van der Waals surface area contributed by atoms with Gasteiger partial charge < -0.3 is 15.7 Å². The van der Waals surface area contributed by atoms with Gasteiger partial charge in [-0.3, -0.25) is 4.21 Å². The molecule has 0 aliphatic heterocycles. The van der Waals surface area contributed by atoms with Crippen LogP contribution in [0.4, 0.5) is 4.79 Å². The number of carbonyl (C=O) groups excluding carboxylic acids is 1. The summed E-state index contributed by atoms with van der Waals surface area (Å²) < 4.78 is 11.9. The predicted molar refractivity (Wildman–Crippen MR) is 82.2 cm³/mol. The molecule has 0 aromatic rings. The first-order valence-electron chi connectivity index (χ1n) is 7.65. The van der Waals surface area contributed by atoms with E-state index in [1.807, 2.05) is 13.8 Å². The second kappa shape index (κ2) is 9.34. The Morgan fingerprint density at radius 2 is 2.15 bits per heavy atom. The second-order valence-electron chi connectivity index (χ2n) is 5.39. The van der Waals surface area contributed by atoms with E-state index < -0.39 is 10.8 Å². The zero-order valence-electron chi connectivity index (χ0n) is 12.6. The highest BCUT2D eigenvalue weighted by atomic mass is 32.2. The molecule has 20 heavy (non-hydrogen) atoms. The summed E-state index contributed by atoms with van der Waals surface area (Å²) in [4.78, 5) is 11.9. The monoisotopic (exact) mass is 304 g/mol. The molecular formula is C14H28N2O3S. The second-order valence-corrected chi connectivity index (χ2v) is 7.40. The minimum absolute atomic E-state index is 0.0177. The van der Waals surface area contributed by atoms with Crippen LogP contribution in [0.1, 0.15) is 52.4 Å². The van der Waals surface area contributed by atoms with E-state index in [9.17, 15) is 9.00 Å². The Bertz CT molecular complexity index is 326. The van der Waals surface area contributed by atoms with Gasteiger partial charge in [0.15, 0.2) is 0 Å². The van der Waals surface area contributed by atoms with E-state index in [1.54, 1.807) is 0 Å². The number of aliphatic hydroxyl groups is 1. The highest BCUT2D eigenvalue weighted by Gasteiger charge is 2.26. The summed E-state index contributed by atoms with van der Waals surface area (Å²) in [5.74, 6) is 0.692. The molecule has 1 saturated carbocycles. The summed E-state index contributed by atoms with van der Waals surface area (Å²) in [6.07, 6.45) is 5.18. The summed E-state index contributed by atoms with van der Waals surface area (Å²) in [6, 6.07) is -0.0294. The maximum Gasteiger partial charge on any atom is 0.315 e. The van der Waals surface area contributed by atoms with Crippen molar-refractivity contribution in [2.24, 2.45) is 0 Å². The first-order chi connectivity index (χ1) is 9.60. The fourth-order valence-corrected chi connectivity index (χ4v) is 4.05. The van der Waals surface area contributed by atoms with Crippen LogP contribution in [0.2, 0.25) is 0 Å². The lowest BCUT2D eigenvalue weighted by atomic mass is 9.95. The first kappa shape index (κ1) is 17.4. The smallest absolute Gasteiger partial charge is 0.315 e. The Morgan fingerprint density at radius 1 is 1.40 bits per heavy atom. The van der Waals surface area contributed by atoms with Crippen molar-refractivity contribution < 1.29 is 14.1 Å². The van der Waals surface area contributed by atoms with Gasteiger partial charge in [0.2, 0.25) is 0 Å². The summed E-state index contributed by atoms with van der Waals surface area (Å²) in [6.45, 7) is 4.02. The van der Waals surface area contributed by atoms with Crippen LogP contribution < -0.4 is 10.6 Å². The highest BCUT2D eigenvalue weighted by Crippen LogP contribution is 2.22. The number of hydrogen-bond donors (Lipinski definition) is 3. The standard InChI is InChI=1S/C14H28N2O3S/c1-3-11(8-9-17)15-14(18)16-12-6-5-7-13(10-12)20(19)4-2/h11-13,17H,3-10H2,1-2H3,(H2,15,16,18). The molecule has 2 amide bonds. The third-order valence-corrected chi connectivity index (χ3v) is 5.66. The Kier molecular flexibility index (Phi) is 8.14. The van der Waals surface area contributed by atoms with Gasteiger partial charge in [-0.15, -0.1) is 0 Å². The van der Waals surface area contributed by atoms with Crippen molar-refractivity contribution in [2.45, 2.75) is 69.7 Å². The molecule has 0 aromatic carbocycles. The van der Waals surface area contributed by atoms with Gasteiger partial charge in [-0.05, 0) is 32.1 Å². The van der Waals surface area contributed by atoms with Gasteiger partial charge in [-0.1, -0.05) is 20.3 Å². The molecule has 3 N–H and O–H groups in total. The van der Waals surface area contributed by atoms with Gasteiger partial charge in [-0.25, -0.2) is 4.79 Å². The molecule has 118 valence electrons. The van der Waals surface area contributed by atoms with Gasteiger partial charge >= 0.3 is 6.03 Å². The van der Waals surface area contributed by atoms with Crippen molar-refractivity contribution in [3.8, 4) is 0 Å². The van der Waals surface area contributed by atoms with Crippen LogP contribution in [0, 0.1) is 0 Å². The quantitative estimate of drug-likeness (QED) is 0.667. The van der Waals surface area contributed by atoms with Crippen molar-refractivity contribution >= 4 is 16.8 Å². The molecule has 0 bridgehead atoms. The third-order valence-electron chi connectivity index (χ3n) is 3.92. The number of carbonyl (C=O) groups is 1. The van der Waals surface area contributed by atoms with E-state index in [0.717, 1.165) is 32.1 Å². The van der Waals surface area contributed by atoms with Crippen LogP contribution in [0.5, 0.6) is 0 Å². The maximum absolute atomic E-state index is 11.9. The van der Waals surface area contributed by atoms with Crippen LogP contribution in [0.25, 0.3) is 0 Å². The van der Waals surface area contributed by atoms with E-state index in [2.05, 4.69) is 10.6 Å². The molecule has 4 unspecified atom stereocenters. The fourth-order valence-electron chi connectivity index (χ4n) is 2.70.